The van der Waals surface area contributed by atoms with Crippen LogP contribution in [-0.2, 0) is 26.0 Å². The van der Waals surface area contributed by atoms with Crippen LogP contribution in [0.4, 0.5) is 0 Å². The highest BCUT2D eigenvalue weighted by atomic mass is 32.2. The summed E-state index contributed by atoms with van der Waals surface area (Å²) in [5.41, 5.74) is 1.20. The first-order valence-corrected chi connectivity index (χ1v) is 11.6. The summed E-state index contributed by atoms with van der Waals surface area (Å²) >= 11 is 0. The first kappa shape index (κ1) is 22.9. The molecule has 9 heteroatoms. The SMILES string of the molecule is COCCNS(=O)(=O)c1ccc(C(=O)NC(Cc2ccccc2)C(=O)NC2CC2)cc1. The van der Waals surface area contributed by atoms with Crippen molar-refractivity contribution in [1.82, 2.24) is 15.4 Å². The van der Waals surface area contributed by atoms with Crippen molar-refractivity contribution >= 4 is 21.8 Å². The molecular weight excluding hydrogens is 418 g/mol. The van der Waals surface area contributed by atoms with Gasteiger partial charge in [0, 0.05) is 31.7 Å². The van der Waals surface area contributed by atoms with E-state index in [9.17, 15) is 18.0 Å². The van der Waals surface area contributed by atoms with E-state index in [-0.39, 0.29) is 35.6 Å². The molecule has 1 aliphatic rings. The van der Waals surface area contributed by atoms with E-state index < -0.39 is 22.0 Å². The summed E-state index contributed by atoms with van der Waals surface area (Å²) < 4.78 is 31.7. The molecule has 0 saturated heterocycles. The molecule has 2 amide bonds. The zero-order valence-electron chi connectivity index (χ0n) is 17.3. The number of hydrogen-bond acceptors (Lipinski definition) is 5. The van der Waals surface area contributed by atoms with Gasteiger partial charge in [0.1, 0.15) is 6.04 Å². The quantitative estimate of drug-likeness (QED) is 0.450. The van der Waals surface area contributed by atoms with Gasteiger partial charge in [0.2, 0.25) is 15.9 Å². The van der Waals surface area contributed by atoms with E-state index >= 15 is 0 Å². The molecule has 0 spiro atoms. The van der Waals surface area contributed by atoms with Crippen molar-refractivity contribution in [2.24, 2.45) is 0 Å². The molecule has 2 aromatic rings. The Bertz CT molecular complexity index is 990. The summed E-state index contributed by atoms with van der Waals surface area (Å²) in [6, 6.07) is 14.5. The molecule has 1 fully saturated rings. The number of ether oxygens (including phenoxy) is 1. The van der Waals surface area contributed by atoms with Crippen LogP contribution in [0, 0.1) is 0 Å². The van der Waals surface area contributed by atoms with Crippen LogP contribution in [0.15, 0.2) is 59.5 Å². The van der Waals surface area contributed by atoms with Gasteiger partial charge in [-0.25, -0.2) is 13.1 Å². The Morgan fingerprint density at radius 2 is 1.74 bits per heavy atom. The molecule has 166 valence electrons. The maximum Gasteiger partial charge on any atom is 0.251 e. The zero-order valence-corrected chi connectivity index (χ0v) is 18.2. The Morgan fingerprint density at radius 1 is 1.06 bits per heavy atom. The van der Waals surface area contributed by atoms with Gasteiger partial charge in [-0.05, 0) is 42.7 Å². The molecule has 0 radical (unpaired) electrons. The van der Waals surface area contributed by atoms with Gasteiger partial charge in [0.15, 0.2) is 0 Å². The molecule has 1 aliphatic carbocycles. The molecule has 1 saturated carbocycles. The number of hydrogen-bond donors (Lipinski definition) is 3. The summed E-state index contributed by atoms with van der Waals surface area (Å²) in [5, 5.41) is 5.72. The fourth-order valence-electron chi connectivity index (χ4n) is 2.98. The number of carbonyl (C=O) groups is 2. The number of sulfonamides is 1. The minimum absolute atomic E-state index is 0.0486. The number of amides is 2. The number of methoxy groups -OCH3 is 1. The summed E-state index contributed by atoms with van der Waals surface area (Å²) in [6.07, 6.45) is 2.26. The monoisotopic (exact) mass is 445 g/mol. The van der Waals surface area contributed by atoms with Crippen LogP contribution < -0.4 is 15.4 Å². The van der Waals surface area contributed by atoms with Crippen LogP contribution in [-0.4, -0.2) is 52.6 Å². The smallest absolute Gasteiger partial charge is 0.251 e. The van der Waals surface area contributed by atoms with Crippen molar-refractivity contribution in [1.29, 1.82) is 0 Å². The van der Waals surface area contributed by atoms with Crippen molar-refractivity contribution in [3.8, 4) is 0 Å². The highest BCUT2D eigenvalue weighted by Gasteiger charge is 2.29. The van der Waals surface area contributed by atoms with Gasteiger partial charge in [0.25, 0.3) is 5.91 Å². The molecule has 0 aliphatic heterocycles. The van der Waals surface area contributed by atoms with E-state index in [1.807, 2.05) is 30.3 Å². The third-order valence-electron chi connectivity index (χ3n) is 4.85. The van der Waals surface area contributed by atoms with E-state index in [4.69, 9.17) is 4.74 Å². The normalized spacial score (nSPS) is 14.6. The molecule has 3 rings (SSSR count). The second-order valence-corrected chi connectivity index (χ2v) is 9.18. The Kier molecular flexibility index (Phi) is 7.78. The second-order valence-electron chi connectivity index (χ2n) is 7.41. The standard InChI is InChI=1S/C22H27N3O5S/c1-30-14-13-23-31(28,29)19-11-7-17(8-12-19)21(26)25-20(22(27)24-18-9-10-18)15-16-5-3-2-4-6-16/h2-8,11-12,18,20,23H,9-10,13-15H2,1H3,(H,24,27)(H,25,26). The largest absolute Gasteiger partial charge is 0.383 e. The summed E-state index contributed by atoms with van der Waals surface area (Å²) in [7, 11) is -2.20. The Hall–Kier alpha value is -2.75. The lowest BCUT2D eigenvalue weighted by atomic mass is 10.0. The zero-order chi connectivity index (χ0) is 22.3. The molecule has 1 unspecified atom stereocenters. The highest BCUT2D eigenvalue weighted by Crippen LogP contribution is 2.19. The summed E-state index contributed by atoms with van der Waals surface area (Å²) in [5.74, 6) is -0.663. The number of carbonyl (C=O) groups excluding carboxylic acids is 2. The van der Waals surface area contributed by atoms with Crippen LogP contribution in [0.1, 0.15) is 28.8 Å². The molecule has 1 atom stereocenters. The van der Waals surface area contributed by atoms with E-state index in [2.05, 4.69) is 15.4 Å². The second kappa shape index (κ2) is 10.5. The van der Waals surface area contributed by atoms with Crippen molar-refractivity contribution in [3.63, 3.8) is 0 Å². The third kappa shape index (κ3) is 6.88. The van der Waals surface area contributed by atoms with E-state index in [1.54, 1.807) is 0 Å². The Morgan fingerprint density at radius 3 is 2.35 bits per heavy atom. The van der Waals surface area contributed by atoms with E-state index in [1.165, 1.54) is 31.4 Å². The van der Waals surface area contributed by atoms with Crippen LogP contribution in [0.2, 0.25) is 0 Å². The van der Waals surface area contributed by atoms with Gasteiger partial charge in [0.05, 0.1) is 11.5 Å². The molecule has 8 nitrogen and oxygen atoms in total. The molecule has 2 aromatic carbocycles. The number of benzene rings is 2. The van der Waals surface area contributed by atoms with Gasteiger partial charge in [-0.2, -0.15) is 0 Å². The molecule has 3 N–H and O–H groups in total. The molecular formula is C22H27N3O5S. The van der Waals surface area contributed by atoms with Crippen molar-refractivity contribution in [2.75, 3.05) is 20.3 Å². The first-order valence-electron chi connectivity index (χ1n) is 10.1. The predicted octanol–water partition coefficient (Wildman–Crippen LogP) is 1.23. The molecule has 0 bridgehead atoms. The predicted molar refractivity (Wildman–Crippen MR) is 116 cm³/mol. The number of rotatable bonds is 11. The lowest BCUT2D eigenvalue weighted by Gasteiger charge is -2.19. The van der Waals surface area contributed by atoms with Crippen molar-refractivity contribution < 1.29 is 22.7 Å². The average molecular weight is 446 g/mol. The molecule has 0 aromatic heterocycles. The fourth-order valence-corrected chi connectivity index (χ4v) is 3.99. The maximum absolute atomic E-state index is 12.8. The van der Waals surface area contributed by atoms with E-state index in [0.29, 0.717) is 6.42 Å². The van der Waals surface area contributed by atoms with Crippen molar-refractivity contribution in [2.45, 2.75) is 36.2 Å². The lowest BCUT2D eigenvalue weighted by Crippen LogP contribution is -2.48. The summed E-state index contributed by atoms with van der Waals surface area (Å²) in [4.78, 5) is 25.5. The van der Waals surface area contributed by atoms with Crippen LogP contribution in [0.5, 0.6) is 0 Å². The van der Waals surface area contributed by atoms with Gasteiger partial charge in [-0.3, -0.25) is 9.59 Å². The molecule has 31 heavy (non-hydrogen) atoms. The fraction of sp³-hybridized carbons (Fsp3) is 0.364. The third-order valence-corrected chi connectivity index (χ3v) is 6.33. The Labute approximate surface area is 182 Å². The highest BCUT2D eigenvalue weighted by molar-refractivity contribution is 7.89. The van der Waals surface area contributed by atoms with Gasteiger partial charge in [-0.15, -0.1) is 0 Å². The van der Waals surface area contributed by atoms with Crippen LogP contribution in [0.3, 0.4) is 0 Å². The summed E-state index contributed by atoms with van der Waals surface area (Å²) in [6.45, 7) is 0.407. The first-order chi connectivity index (χ1) is 14.9. The van der Waals surface area contributed by atoms with Crippen LogP contribution in [0.25, 0.3) is 0 Å². The van der Waals surface area contributed by atoms with Crippen molar-refractivity contribution in [3.05, 3.63) is 65.7 Å². The Balaban J connectivity index is 1.68. The molecule has 0 heterocycles. The average Bonchev–Trinajstić information content (AvgIpc) is 3.58. The maximum atomic E-state index is 12.8. The van der Waals surface area contributed by atoms with Gasteiger partial charge >= 0.3 is 0 Å². The topological polar surface area (TPSA) is 114 Å². The van der Waals surface area contributed by atoms with Crippen LogP contribution >= 0.6 is 0 Å². The number of nitrogens with one attached hydrogen (secondary N) is 3. The van der Waals surface area contributed by atoms with E-state index in [0.717, 1.165) is 18.4 Å². The van der Waals surface area contributed by atoms with Gasteiger partial charge in [-0.1, -0.05) is 30.3 Å². The minimum atomic E-state index is -3.68. The lowest BCUT2D eigenvalue weighted by molar-refractivity contribution is -0.123. The van der Waals surface area contributed by atoms with Gasteiger partial charge < -0.3 is 15.4 Å². The minimum Gasteiger partial charge on any atom is -0.383 e.